The number of amides is 1. The molecule has 0 radical (unpaired) electrons. The molecule has 2 rings (SSSR count). The number of H-pyrrole nitrogens is 1. The van der Waals surface area contributed by atoms with Crippen molar-refractivity contribution in [2.45, 2.75) is 11.8 Å². The lowest BCUT2D eigenvalue weighted by Gasteiger charge is -2.09. The standard InChI is InChI=1S/C11H10ClN3O4S/c1-6(16)14-15-20(18,19)10-4-7-2-3-11(17)13-9(7)5-8(10)12/h2-5,15H,1H3,(H,13,17)(H,14,16). The molecule has 1 heterocycles. The number of carbonyl (C=O) groups excluding carboxylic acids is 1. The molecule has 1 amide bonds. The van der Waals surface area contributed by atoms with E-state index in [0.29, 0.717) is 10.9 Å². The normalized spacial score (nSPS) is 11.5. The van der Waals surface area contributed by atoms with Crippen LogP contribution in [0, 0.1) is 0 Å². The Balaban J connectivity index is 2.54. The van der Waals surface area contributed by atoms with Gasteiger partial charge in [-0.2, -0.15) is 0 Å². The zero-order valence-corrected chi connectivity index (χ0v) is 11.8. The van der Waals surface area contributed by atoms with Crippen LogP contribution in [0.25, 0.3) is 10.9 Å². The van der Waals surface area contributed by atoms with Crippen molar-refractivity contribution in [3.05, 3.63) is 39.6 Å². The molecular formula is C11H10ClN3O4S. The first kappa shape index (κ1) is 14.5. The summed E-state index contributed by atoms with van der Waals surface area (Å²) in [4.78, 5) is 26.2. The number of fused-ring (bicyclic) bond motifs is 1. The van der Waals surface area contributed by atoms with Crippen molar-refractivity contribution in [1.82, 2.24) is 15.2 Å². The fourth-order valence-electron chi connectivity index (χ4n) is 1.56. The van der Waals surface area contributed by atoms with Crippen molar-refractivity contribution in [2.75, 3.05) is 0 Å². The highest BCUT2D eigenvalue weighted by atomic mass is 35.5. The smallest absolute Gasteiger partial charge is 0.258 e. The van der Waals surface area contributed by atoms with Gasteiger partial charge in [0.2, 0.25) is 11.5 Å². The molecule has 106 valence electrons. The number of hydrogen-bond donors (Lipinski definition) is 3. The minimum absolute atomic E-state index is 0.0720. The number of benzene rings is 1. The van der Waals surface area contributed by atoms with Gasteiger partial charge in [0.15, 0.2) is 0 Å². The Morgan fingerprint density at radius 3 is 2.65 bits per heavy atom. The van der Waals surface area contributed by atoms with Gasteiger partial charge in [-0.25, -0.2) is 8.42 Å². The third kappa shape index (κ3) is 2.98. The van der Waals surface area contributed by atoms with Crippen molar-refractivity contribution >= 4 is 38.4 Å². The second-order valence-electron chi connectivity index (χ2n) is 3.98. The molecule has 20 heavy (non-hydrogen) atoms. The van der Waals surface area contributed by atoms with Gasteiger partial charge in [0.1, 0.15) is 4.90 Å². The highest BCUT2D eigenvalue weighted by Crippen LogP contribution is 2.25. The van der Waals surface area contributed by atoms with E-state index in [-0.39, 0.29) is 15.5 Å². The summed E-state index contributed by atoms with van der Waals surface area (Å²) in [6.45, 7) is 1.16. The van der Waals surface area contributed by atoms with E-state index in [9.17, 15) is 18.0 Å². The third-order valence-electron chi connectivity index (χ3n) is 2.43. The second-order valence-corrected chi connectivity index (χ2v) is 6.04. The second kappa shape index (κ2) is 5.23. The number of rotatable bonds is 3. The van der Waals surface area contributed by atoms with Gasteiger partial charge >= 0.3 is 0 Å². The lowest BCUT2D eigenvalue weighted by atomic mass is 10.2. The Bertz CT molecular complexity index is 844. The predicted molar refractivity (Wildman–Crippen MR) is 73.7 cm³/mol. The Labute approximate surface area is 119 Å². The van der Waals surface area contributed by atoms with Gasteiger partial charge in [-0.05, 0) is 23.6 Å². The maximum absolute atomic E-state index is 12.0. The topological polar surface area (TPSA) is 108 Å². The lowest BCUT2D eigenvalue weighted by molar-refractivity contribution is -0.119. The average molecular weight is 316 g/mol. The van der Waals surface area contributed by atoms with Crippen LogP contribution >= 0.6 is 11.6 Å². The summed E-state index contributed by atoms with van der Waals surface area (Å²) in [6.07, 6.45) is 0. The maximum Gasteiger partial charge on any atom is 0.258 e. The molecule has 3 N–H and O–H groups in total. The Morgan fingerprint density at radius 2 is 2.00 bits per heavy atom. The summed E-state index contributed by atoms with van der Waals surface area (Å²) < 4.78 is 24.0. The van der Waals surface area contributed by atoms with Crippen LogP contribution in [0.5, 0.6) is 0 Å². The summed E-state index contributed by atoms with van der Waals surface area (Å²) in [6, 6.07) is 5.38. The van der Waals surface area contributed by atoms with Crippen LogP contribution in [0.15, 0.2) is 34.0 Å². The predicted octanol–water partition coefficient (Wildman–Crippen LogP) is 0.511. The van der Waals surface area contributed by atoms with Crippen molar-refractivity contribution < 1.29 is 13.2 Å². The average Bonchev–Trinajstić information content (AvgIpc) is 2.35. The molecule has 0 saturated carbocycles. The van der Waals surface area contributed by atoms with E-state index in [1.165, 1.54) is 24.3 Å². The van der Waals surface area contributed by atoms with Gasteiger partial charge in [0.05, 0.1) is 5.02 Å². The minimum Gasteiger partial charge on any atom is -0.322 e. The molecule has 0 fully saturated rings. The first-order chi connectivity index (χ1) is 9.29. The molecule has 0 atom stereocenters. The number of halogens is 1. The first-order valence-corrected chi connectivity index (χ1v) is 7.27. The Hall–Kier alpha value is -1.90. The SMILES string of the molecule is CC(=O)NNS(=O)(=O)c1cc2ccc(=O)[nH]c2cc1Cl. The van der Waals surface area contributed by atoms with Crippen LogP contribution in [0.1, 0.15) is 6.92 Å². The zero-order valence-electron chi connectivity index (χ0n) is 10.2. The van der Waals surface area contributed by atoms with Gasteiger partial charge < -0.3 is 4.98 Å². The Morgan fingerprint density at radius 1 is 1.30 bits per heavy atom. The number of pyridine rings is 1. The highest BCUT2D eigenvalue weighted by Gasteiger charge is 2.19. The molecule has 0 saturated heterocycles. The maximum atomic E-state index is 12.0. The van der Waals surface area contributed by atoms with Gasteiger partial charge in [0, 0.05) is 18.5 Å². The van der Waals surface area contributed by atoms with Crippen molar-refractivity contribution in [3.63, 3.8) is 0 Å². The molecule has 1 aromatic carbocycles. The quantitative estimate of drug-likeness (QED) is 0.717. The van der Waals surface area contributed by atoms with Gasteiger partial charge in [-0.3, -0.25) is 15.0 Å². The summed E-state index contributed by atoms with van der Waals surface area (Å²) in [5.41, 5.74) is 2.07. The van der Waals surface area contributed by atoms with Crippen LogP contribution < -0.4 is 15.8 Å². The minimum atomic E-state index is -3.99. The monoisotopic (exact) mass is 315 g/mol. The van der Waals surface area contributed by atoms with E-state index in [4.69, 9.17) is 11.6 Å². The van der Waals surface area contributed by atoms with Crippen LogP contribution in [0.2, 0.25) is 5.02 Å². The van der Waals surface area contributed by atoms with E-state index >= 15 is 0 Å². The van der Waals surface area contributed by atoms with Crippen LogP contribution in [0.4, 0.5) is 0 Å². The van der Waals surface area contributed by atoms with Crippen LogP contribution in [0.3, 0.4) is 0 Å². The molecule has 0 spiro atoms. The van der Waals surface area contributed by atoms with Gasteiger partial charge in [0.25, 0.3) is 10.0 Å². The molecule has 9 heteroatoms. The summed E-state index contributed by atoms with van der Waals surface area (Å²) >= 11 is 5.90. The van der Waals surface area contributed by atoms with E-state index in [2.05, 4.69) is 4.98 Å². The van der Waals surface area contributed by atoms with E-state index in [1.807, 2.05) is 10.3 Å². The summed E-state index contributed by atoms with van der Waals surface area (Å²) in [7, 11) is -3.99. The van der Waals surface area contributed by atoms with Gasteiger partial charge in [-0.15, -0.1) is 4.83 Å². The molecular weight excluding hydrogens is 306 g/mol. The highest BCUT2D eigenvalue weighted by molar-refractivity contribution is 7.89. The van der Waals surface area contributed by atoms with Crippen molar-refractivity contribution in [2.24, 2.45) is 0 Å². The first-order valence-electron chi connectivity index (χ1n) is 5.40. The molecule has 0 aliphatic carbocycles. The van der Waals surface area contributed by atoms with Crippen LogP contribution in [-0.4, -0.2) is 19.3 Å². The van der Waals surface area contributed by atoms with Crippen LogP contribution in [-0.2, 0) is 14.8 Å². The summed E-state index contributed by atoms with van der Waals surface area (Å²) in [5, 5.41) is 0.425. The number of hydrogen-bond acceptors (Lipinski definition) is 4. The molecule has 1 aromatic heterocycles. The number of aromatic nitrogens is 1. The molecule has 2 aromatic rings. The Kier molecular flexibility index (Phi) is 3.80. The van der Waals surface area contributed by atoms with Crippen molar-refractivity contribution in [3.8, 4) is 0 Å². The van der Waals surface area contributed by atoms with E-state index < -0.39 is 15.9 Å². The zero-order chi connectivity index (χ0) is 14.9. The molecule has 0 unspecified atom stereocenters. The number of sulfonamides is 1. The molecule has 0 aliphatic rings. The lowest BCUT2D eigenvalue weighted by Crippen LogP contribution is -2.40. The molecule has 7 nitrogen and oxygen atoms in total. The van der Waals surface area contributed by atoms with E-state index in [1.54, 1.807) is 0 Å². The third-order valence-corrected chi connectivity index (χ3v) is 4.14. The number of carbonyl (C=O) groups is 1. The number of aromatic amines is 1. The van der Waals surface area contributed by atoms with Crippen molar-refractivity contribution in [1.29, 1.82) is 0 Å². The number of hydrazine groups is 1. The van der Waals surface area contributed by atoms with Gasteiger partial charge in [-0.1, -0.05) is 11.6 Å². The fraction of sp³-hybridized carbons (Fsp3) is 0.0909. The number of nitrogens with one attached hydrogen (secondary N) is 3. The molecule has 0 bridgehead atoms. The molecule has 0 aliphatic heterocycles. The van der Waals surface area contributed by atoms with E-state index in [0.717, 1.165) is 6.92 Å². The summed E-state index contributed by atoms with van der Waals surface area (Å²) in [5.74, 6) is -0.560. The largest absolute Gasteiger partial charge is 0.322 e. The fourth-order valence-corrected chi connectivity index (χ4v) is 3.01.